The Bertz CT molecular complexity index is 473. The molecule has 3 nitrogen and oxygen atoms in total. The number of piperidine rings is 1. The first-order valence-electron chi connectivity index (χ1n) is 7.08. The first-order chi connectivity index (χ1) is 9.49. The lowest BCUT2D eigenvalue weighted by Crippen LogP contribution is -3.17. The summed E-state index contributed by atoms with van der Waals surface area (Å²) in [4.78, 5) is 13.7. The Hall–Kier alpha value is -0.770. The predicted molar refractivity (Wildman–Crippen MR) is 83.6 cm³/mol. The number of anilines is 1. The molecule has 0 aliphatic carbocycles. The van der Waals surface area contributed by atoms with Crippen LogP contribution in [0.3, 0.4) is 0 Å². The summed E-state index contributed by atoms with van der Waals surface area (Å²) in [5, 5.41) is 3.81. The van der Waals surface area contributed by atoms with Gasteiger partial charge in [0, 0.05) is 5.92 Å². The zero-order valence-corrected chi connectivity index (χ0v) is 13.4. The molecule has 0 radical (unpaired) electrons. The first kappa shape index (κ1) is 15.6. The lowest BCUT2D eigenvalue weighted by Gasteiger charge is -2.31. The van der Waals surface area contributed by atoms with E-state index in [4.69, 9.17) is 23.2 Å². The van der Waals surface area contributed by atoms with E-state index in [2.05, 4.69) is 12.2 Å². The molecule has 0 saturated carbocycles. The average molecular weight is 316 g/mol. The van der Waals surface area contributed by atoms with E-state index >= 15 is 0 Å². The summed E-state index contributed by atoms with van der Waals surface area (Å²) in [6, 6.07) is 5.12. The van der Waals surface area contributed by atoms with E-state index < -0.39 is 0 Å². The summed E-state index contributed by atoms with van der Waals surface area (Å²) < 4.78 is 0. The number of halogens is 2. The summed E-state index contributed by atoms with van der Waals surface area (Å²) in [5.74, 6) is 0.655. The predicted octanol–water partition coefficient (Wildman–Crippen LogP) is 2.64. The van der Waals surface area contributed by atoms with Crippen LogP contribution in [0.5, 0.6) is 0 Å². The highest BCUT2D eigenvalue weighted by Crippen LogP contribution is 2.29. The van der Waals surface area contributed by atoms with Crippen molar-refractivity contribution >= 4 is 34.8 Å². The van der Waals surface area contributed by atoms with E-state index in [0.717, 1.165) is 13.1 Å². The lowest BCUT2D eigenvalue weighted by atomic mass is 9.99. The maximum Gasteiger partial charge on any atom is 0.282 e. The van der Waals surface area contributed by atoms with E-state index in [1.807, 2.05) is 6.92 Å². The zero-order chi connectivity index (χ0) is 14.7. The van der Waals surface area contributed by atoms with Gasteiger partial charge in [-0.2, -0.15) is 0 Å². The second-order valence-electron chi connectivity index (χ2n) is 5.67. The molecular formula is C15H21Cl2N2O+. The lowest BCUT2D eigenvalue weighted by molar-refractivity contribution is -0.922. The highest BCUT2D eigenvalue weighted by molar-refractivity contribution is 6.39. The molecule has 2 N–H and O–H groups in total. The zero-order valence-electron chi connectivity index (χ0n) is 11.9. The summed E-state index contributed by atoms with van der Waals surface area (Å²) in [6.45, 7) is 6.31. The molecule has 1 aliphatic heterocycles. The molecule has 1 heterocycles. The van der Waals surface area contributed by atoms with Crippen LogP contribution in [0.4, 0.5) is 5.69 Å². The van der Waals surface area contributed by atoms with Gasteiger partial charge in [0.1, 0.15) is 0 Å². The van der Waals surface area contributed by atoms with Gasteiger partial charge < -0.3 is 10.2 Å². The number of benzene rings is 1. The van der Waals surface area contributed by atoms with E-state index in [9.17, 15) is 4.79 Å². The van der Waals surface area contributed by atoms with Crippen LogP contribution in [0.1, 0.15) is 26.7 Å². The van der Waals surface area contributed by atoms with Gasteiger partial charge in [0.2, 0.25) is 0 Å². The van der Waals surface area contributed by atoms with Crippen molar-refractivity contribution in [2.45, 2.75) is 32.7 Å². The van der Waals surface area contributed by atoms with Crippen LogP contribution in [0.15, 0.2) is 18.2 Å². The van der Waals surface area contributed by atoms with Gasteiger partial charge in [-0.1, -0.05) is 36.2 Å². The molecule has 3 atom stereocenters. The van der Waals surface area contributed by atoms with Crippen LogP contribution >= 0.6 is 23.2 Å². The van der Waals surface area contributed by atoms with Crippen molar-refractivity contribution < 1.29 is 9.69 Å². The molecule has 1 unspecified atom stereocenters. The van der Waals surface area contributed by atoms with Crippen molar-refractivity contribution in [2.75, 3.05) is 18.4 Å². The van der Waals surface area contributed by atoms with Gasteiger partial charge >= 0.3 is 0 Å². The molecule has 0 spiro atoms. The molecule has 0 bridgehead atoms. The molecule has 1 aromatic rings. The standard InChI is InChI=1S/C15H20Cl2N2O/c1-10-5-4-8-19(9-10)11(2)15(20)18-14-12(16)6-3-7-13(14)17/h3,6-7,10-11H,4-5,8-9H2,1-2H3,(H,18,20)/p+1/t10-,11-/m0/s1. The van der Waals surface area contributed by atoms with E-state index in [0.29, 0.717) is 21.7 Å². The van der Waals surface area contributed by atoms with Crippen LogP contribution in [0, 0.1) is 5.92 Å². The van der Waals surface area contributed by atoms with Crippen LogP contribution in [-0.2, 0) is 4.79 Å². The molecule has 1 saturated heterocycles. The quantitative estimate of drug-likeness (QED) is 0.883. The molecule has 0 aromatic heterocycles. The first-order valence-corrected chi connectivity index (χ1v) is 7.84. The number of carbonyl (C=O) groups is 1. The highest BCUT2D eigenvalue weighted by atomic mass is 35.5. The number of likely N-dealkylation sites (tertiary alicyclic amines) is 1. The Kier molecular flexibility index (Phi) is 5.30. The number of nitrogens with one attached hydrogen (secondary N) is 2. The second kappa shape index (κ2) is 6.79. The topological polar surface area (TPSA) is 33.5 Å². The minimum Gasteiger partial charge on any atom is -0.325 e. The molecule has 2 rings (SSSR count). The monoisotopic (exact) mass is 315 g/mol. The van der Waals surface area contributed by atoms with Crippen molar-refractivity contribution in [3.8, 4) is 0 Å². The number of hydrogen-bond acceptors (Lipinski definition) is 1. The molecule has 1 fully saturated rings. The van der Waals surface area contributed by atoms with E-state index in [-0.39, 0.29) is 11.9 Å². The maximum absolute atomic E-state index is 12.4. The highest BCUT2D eigenvalue weighted by Gasteiger charge is 2.29. The molecule has 1 aliphatic rings. The van der Waals surface area contributed by atoms with Crippen molar-refractivity contribution in [3.05, 3.63) is 28.2 Å². The summed E-state index contributed by atoms with van der Waals surface area (Å²) >= 11 is 12.2. The number of carbonyl (C=O) groups excluding carboxylic acids is 1. The Labute approximate surface area is 130 Å². The Morgan fingerprint density at radius 3 is 2.65 bits per heavy atom. The van der Waals surface area contributed by atoms with Crippen LogP contribution in [0.2, 0.25) is 10.0 Å². The molecule has 110 valence electrons. The number of quaternary nitrogens is 1. The SMILES string of the molecule is C[C@H]1CCC[NH+]([C@@H](C)C(=O)Nc2c(Cl)cccc2Cl)C1. The van der Waals surface area contributed by atoms with Crippen LogP contribution in [-0.4, -0.2) is 25.0 Å². The molecular weight excluding hydrogens is 295 g/mol. The number of hydrogen-bond donors (Lipinski definition) is 2. The molecule has 1 amide bonds. The third-order valence-corrected chi connectivity index (χ3v) is 4.65. The molecule has 1 aromatic carbocycles. The minimum absolute atomic E-state index is 0.0240. The second-order valence-corrected chi connectivity index (χ2v) is 6.48. The van der Waals surface area contributed by atoms with Gasteiger partial charge in [-0.3, -0.25) is 4.79 Å². The average Bonchev–Trinajstić information content (AvgIpc) is 2.42. The fraction of sp³-hybridized carbons (Fsp3) is 0.533. The number of rotatable bonds is 3. The largest absolute Gasteiger partial charge is 0.325 e. The van der Waals surface area contributed by atoms with Gasteiger partial charge in [0.25, 0.3) is 5.91 Å². The maximum atomic E-state index is 12.4. The molecule has 20 heavy (non-hydrogen) atoms. The Morgan fingerprint density at radius 1 is 1.40 bits per heavy atom. The van der Waals surface area contributed by atoms with Gasteiger partial charge in [-0.25, -0.2) is 0 Å². The smallest absolute Gasteiger partial charge is 0.282 e. The summed E-state index contributed by atoms with van der Waals surface area (Å²) in [6.07, 6.45) is 2.44. The van der Waals surface area contributed by atoms with Gasteiger partial charge in [-0.05, 0) is 31.9 Å². The van der Waals surface area contributed by atoms with E-state index in [1.54, 1.807) is 18.2 Å². The third kappa shape index (κ3) is 3.66. The van der Waals surface area contributed by atoms with Crippen molar-refractivity contribution in [2.24, 2.45) is 5.92 Å². The molecule has 5 heteroatoms. The minimum atomic E-state index is -0.0925. The van der Waals surface area contributed by atoms with E-state index in [1.165, 1.54) is 17.7 Å². The Morgan fingerprint density at radius 2 is 2.05 bits per heavy atom. The fourth-order valence-electron chi connectivity index (χ4n) is 2.76. The summed E-state index contributed by atoms with van der Waals surface area (Å²) in [5.41, 5.74) is 0.511. The third-order valence-electron chi connectivity index (χ3n) is 4.02. The Balaban J connectivity index is 2.04. The van der Waals surface area contributed by atoms with Crippen LogP contribution in [0.25, 0.3) is 0 Å². The number of amides is 1. The van der Waals surface area contributed by atoms with Gasteiger partial charge in [0.15, 0.2) is 6.04 Å². The van der Waals surface area contributed by atoms with Crippen LogP contribution < -0.4 is 10.2 Å². The van der Waals surface area contributed by atoms with Crippen molar-refractivity contribution in [1.82, 2.24) is 0 Å². The van der Waals surface area contributed by atoms with Crippen molar-refractivity contribution in [1.29, 1.82) is 0 Å². The van der Waals surface area contributed by atoms with Gasteiger partial charge in [-0.15, -0.1) is 0 Å². The fourth-order valence-corrected chi connectivity index (χ4v) is 3.25. The normalized spacial score (nSPS) is 24.2. The van der Waals surface area contributed by atoms with Gasteiger partial charge in [0.05, 0.1) is 28.8 Å². The summed E-state index contributed by atoms with van der Waals surface area (Å²) in [7, 11) is 0. The van der Waals surface area contributed by atoms with Crippen molar-refractivity contribution in [3.63, 3.8) is 0 Å². The number of para-hydroxylation sites is 1.